The Balaban J connectivity index is 1.43. The molecule has 2 aromatic carbocycles. The van der Waals surface area contributed by atoms with E-state index in [9.17, 15) is 19.2 Å². The molecule has 2 aromatic rings. The second kappa shape index (κ2) is 9.14. The summed E-state index contributed by atoms with van der Waals surface area (Å²) < 4.78 is 4.99. The van der Waals surface area contributed by atoms with E-state index in [-0.39, 0.29) is 11.1 Å². The molecule has 1 atom stereocenters. The Kier molecular flexibility index (Phi) is 6.39. The Morgan fingerprint density at radius 2 is 1.55 bits per heavy atom. The number of fused-ring (bicyclic) bond motifs is 1. The molecule has 29 heavy (non-hydrogen) atoms. The van der Waals surface area contributed by atoms with Crippen LogP contribution in [0.3, 0.4) is 0 Å². The summed E-state index contributed by atoms with van der Waals surface area (Å²) in [6.45, 7) is 1.40. The normalized spacial score (nSPS) is 13.8. The highest BCUT2D eigenvalue weighted by molar-refractivity contribution is 6.22. The van der Waals surface area contributed by atoms with E-state index in [2.05, 4.69) is 5.32 Å². The minimum atomic E-state index is -1.12. The van der Waals surface area contributed by atoms with Crippen LogP contribution in [0.2, 0.25) is 0 Å². The molecule has 0 saturated carbocycles. The van der Waals surface area contributed by atoms with Crippen molar-refractivity contribution in [3.63, 3.8) is 0 Å². The number of benzene rings is 2. The van der Waals surface area contributed by atoms with Gasteiger partial charge in [-0.1, -0.05) is 42.5 Å². The van der Waals surface area contributed by atoms with Crippen LogP contribution in [0.4, 0.5) is 0 Å². The number of nitrogens with one attached hydrogen (secondary N) is 1. The molecule has 150 valence electrons. The van der Waals surface area contributed by atoms with Gasteiger partial charge in [0, 0.05) is 6.54 Å². The summed E-state index contributed by atoms with van der Waals surface area (Å²) in [5.41, 5.74) is 1.70. The predicted molar refractivity (Wildman–Crippen MR) is 105 cm³/mol. The van der Waals surface area contributed by atoms with Gasteiger partial charge in [0.1, 0.15) is 6.04 Å². The van der Waals surface area contributed by atoms with E-state index < -0.39 is 36.3 Å². The third-order valence-electron chi connectivity index (χ3n) is 4.71. The van der Waals surface area contributed by atoms with Gasteiger partial charge in [-0.05, 0) is 37.5 Å². The molecule has 0 spiro atoms. The number of imide groups is 1. The first-order valence-electron chi connectivity index (χ1n) is 9.43. The second-order valence-corrected chi connectivity index (χ2v) is 6.75. The molecular formula is C22H22N2O5. The molecule has 1 aliphatic heterocycles. The number of aryl methyl sites for hydroxylation is 1. The standard InChI is InChI=1S/C22H22N2O5/c1-15(24-20(26)17-11-5-6-12-18(17)21(24)27)22(28)29-14-19(25)23-13-7-10-16-8-3-2-4-9-16/h2-6,8-9,11-12,15H,7,10,13-14H2,1H3,(H,23,25)/t15-/m1/s1. The summed E-state index contributed by atoms with van der Waals surface area (Å²) in [6, 6.07) is 15.2. The zero-order chi connectivity index (χ0) is 20.8. The van der Waals surface area contributed by atoms with Gasteiger partial charge in [-0.3, -0.25) is 19.3 Å². The van der Waals surface area contributed by atoms with Crippen LogP contribution in [-0.2, 0) is 20.7 Å². The maximum atomic E-state index is 12.4. The Morgan fingerprint density at radius 1 is 0.966 bits per heavy atom. The molecule has 1 N–H and O–H groups in total. The Morgan fingerprint density at radius 3 is 2.17 bits per heavy atom. The van der Waals surface area contributed by atoms with Crippen LogP contribution in [-0.4, -0.2) is 47.8 Å². The van der Waals surface area contributed by atoms with Gasteiger partial charge in [0.2, 0.25) is 0 Å². The maximum absolute atomic E-state index is 12.4. The SMILES string of the molecule is C[C@H](C(=O)OCC(=O)NCCCc1ccccc1)N1C(=O)c2ccccc2C1=O. The van der Waals surface area contributed by atoms with Crippen molar-refractivity contribution in [2.24, 2.45) is 0 Å². The molecule has 1 aliphatic rings. The molecule has 0 saturated heterocycles. The Hall–Kier alpha value is -3.48. The summed E-state index contributed by atoms with van der Waals surface area (Å²) in [7, 11) is 0. The van der Waals surface area contributed by atoms with Crippen molar-refractivity contribution in [3.8, 4) is 0 Å². The number of nitrogens with zero attached hydrogens (tertiary/aromatic N) is 1. The molecule has 1 heterocycles. The average Bonchev–Trinajstić information content (AvgIpc) is 3.00. The lowest BCUT2D eigenvalue weighted by Gasteiger charge is -2.20. The minimum absolute atomic E-state index is 0.258. The average molecular weight is 394 g/mol. The van der Waals surface area contributed by atoms with Crippen LogP contribution in [0.5, 0.6) is 0 Å². The third kappa shape index (κ3) is 4.68. The van der Waals surface area contributed by atoms with Crippen molar-refractivity contribution in [1.82, 2.24) is 10.2 Å². The summed E-state index contributed by atoms with van der Waals surface area (Å²) in [4.78, 5) is 49.8. The molecule has 0 aliphatic carbocycles. The monoisotopic (exact) mass is 394 g/mol. The van der Waals surface area contributed by atoms with Crippen molar-refractivity contribution < 1.29 is 23.9 Å². The van der Waals surface area contributed by atoms with Crippen molar-refractivity contribution in [2.45, 2.75) is 25.8 Å². The van der Waals surface area contributed by atoms with Gasteiger partial charge in [0.25, 0.3) is 17.7 Å². The highest BCUT2D eigenvalue weighted by Crippen LogP contribution is 2.24. The van der Waals surface area contributed by atoms with Crippen molar-refractivity contribution in [2.75, 3.05) is 13.2 Å². The van der Waals surface area contributed by atoms with Crippen molar-refractivity contribution in [3.05, 3.63) is 71.3 Å². The summed E-state index contributed by atoms with van der Waals surface area (Å²) >= 11 is 0. The van der Waals surface area contributed by atoms with E-state index in [1.165, 1.54) is 24.6 Å². The molecule has 7 heteroatoms. The lowest BCUT2D eigenvalue weighted by atomic mass is 10.1. The zero-order valence-electron chi connectivity index (χ0n) is 16.1. The molecule has 0 radical (unpaired) electrons. The number of esters is 1. The molecule has 0 fully saturated rings. The predicted octanol–water partition coefficient (Wildman–Crippen LogP) is 1.96. The number of rotatable bonds is 8. The lowest BCUT2D eigenvalue weighted by Crippen LogP contribution is -2.44. The number of ether oxygens (including phenoxy) is 1. The largest absolute Gasteiger partial charge is 0.454 e. The first-order chi connectivity index (χ1) is 14.0. The van der Waals surface area contributed by atoms with Crippen LogP contribution in [0.25, 0.3) is 0 Å². The highest BCUT2D eigenvalue weighted by Gasteiger charge is 2.41. The second-order valence-electron chi connectivity index (χ2n) is 6.75. The summed E-state index contributed by atoms with van der Waals surface area (Å²) in [5, 5.41) is 2.68. The third-order valence-corrected chi connectivity index (χ3v) is 4.71. The highest BCUT2D eigenvalue weighted by atomic mass is 16.5. The van der Waals surface area contributed by atoms with Gasteiger partial charge in [0.05, 0.1) is 11.1 Å². The van der Waals surface area contributed by atoms with Gasteiger partial charge in [-0.15, -0.1) is 0 Å². The van der Waals surface area contributed by atoms with Crippen molar-refractivity contribution >= 4 is 23.7 Å². The molecule has 0 bridgehead atoms. The molecule has 3 amide bonds. The van der Waals surface area contributed by atoms with Gasteiger partial charge in [-0.25, -0.2) is 4.79 Å². The van der Waals surface area contributed by atoms with E-state index >= 15 is 0 Å². The fraction of sp³-hybridized carbons (Fsp3) is 0.273. The van der Waals surface area contributed by atoms with Crippen LogP contribution < -0.4 is 5.32 Å². The fourth-order valence-corrected chi connectivity index (χ4v) is 3.14. The number of carbonyl (C=O) groups is 4. The quantitative estimate of drug-likeness (QED) is 0.420. The van der Waals surface area contributed by atoms with Gasteiger partial charge in [-0.2, -0.15) is 0 Å². The van der Waals surface area contributed by atoms with E-state index in [0.29, 0.717) is 6.54 Å². The van der Waals surface area contributed by atoms with Crippen LogP contribution in [0.1, 0.15) is 39.6 Å². The van der Waals surface area contributed by atoms with Gasteiger partial charge in [0.15, 0.2) is 6.61 Å². The van der Waals surface area contributed by atoms with Gasteiger partial charge >= 0.3 is 5.97 Å². The number of carbonyl (C=O) groups excluding carboxylic acids is 4. The Labute approximate surface area is 168 Å². The molecule has 3 rings (SSSR count). The number of amides is 3. The number of hydrogen-bond acceptors (Lipinski definition) is 5. The smallest absolute Gasteiger partial charge is 0.329 e. The van der Waals surface area contributed by atoms with Crippen molar-refractivity contribution in [1.29, 1.82) is 0 Å². The van der Waals surface area contributed by atoms with E-state index in [1.807, 2.05) is 30.3 Å². The number of hydrogen-bond donors (Lipinski definition) is 1. The molecule has 7 nitrogen and oxygen atoms in total. The maximum Gasteiger partial charge on any atom is 0.329 e. The molecular weight excluding hydrogens is 372 g/mol. The summed E-state index contributed by atoms with van der Waals surface area (Å²) in [5.74, 6) is -2.32. The minimum Gasteiger partial charge on any atom is -0.454 e. The van der Waals surface area contributed by atoms with E-state index in [0.717, 1.165) is 17.7 Å². The molecule has 0 unspecified atom stereocenters. The Bertz CT molecular complexity index is 891. The lowest BCUT2D eigenvalue weighted by molar-refractivity contribution is -0.151. The fourth-order valence-electron chi connectivity index (χ4n) is 3.14. The van der Waals surface area contributed by atoms with Crippen LogP contribution >= 0.6 is 0 Å². The van der Waals surface area contributed by atoms with Crippen LogP contribution in [0.15, 0.2) is 54.6 Å². The van der Waals surface area contributed by atoms with Crippen LogP contribution in [0, 0.1) is 0 Å². The van der Waals surface area contributed by atoms with E-state index in [1.54, 1.807) is 12.1 Å². The zero-order valence-corrected chi connectivity index (χ0v) is 16.1. The molecule has 0 aromatic heterocycles. The summed E-state index contributed by atoms with van der Waals surface area (Å²) in [6.07, 6.45) is 1.59. The first kappa shape index (κ1) is 20.3. The topological polar surface area (TPSA) is 92.8 Å². The van der Waals surface area contributed by atoms with Gasteiger partial charge < -0.3 is 10.1 Å². The first-order valence-corrected chi connectivity index (χ1v) is 9.43. The van der Waals surface area contributed by atoms with E-state index in [4.69, 9.17) is 4.74 Å².